The first kappa shape index (κ1) is 15.1. The molecule has 1 unspecified atom stereocenters. The molecule has 1 aromatic rings. The van der Waals surface area contributed by atoms with E-state index in [4.69, 9.17) is 0 Å². The normalized spacial score (nSPS) is 18.1. The third-order valence-electron chi connectivity index (χ3n) is 3.43. The maximum atomic E-state index is 11.2. The van der Waals surface area contributed by atoms with Crippen LogP contribution in [0.2, 0.25) is 0 Å². The van der Waals surface area contributed by atoms with Crippen LogP contribution in [-0.2, 0) is 11.3 Å². The van der Waals surface area contributed by atoms with Gasteiger partial charge >= 0.3 is 6.09 Å². The van der Waals surface area contributed by atoms with Gasteiger partial charge in [-0.25, -0.2) is 4.79 Å². The Balaban J connectivity index is 2.01. The number of hydrogen-bond acceptors (Lipinski definition) is 4. The maximum Gasteiger partial charge on any atom is 0.407 e. The molecule has 20 heavy (non-hydrogen) atoms. The van der Waals surface area contributed by atoms with Crippen molar-refractivity contribution < 1.29 is 9.53 Å². The van der Waals surface area contributed by atoms with Gasteiger partial charge in [-0.05, 0) is 47.1 Å². The Morgan fingerprint density at radius 1 is 1.55 bits per heavy atom. The quantitative estimate of drug-likeness (QED) is 0.880. The van der Waals surface area contributed by atoms with E-state index in [1.807, 2.05) is 7.05 Å². The van der Waals surface area contributed by atoms with E-state index in [1.165, 1.54) is 18.4 Å². The largest absolute Gasteiger partial charge is 0.453 e. The number of methoxy groups -OCH3 is 1. The fraction of sp³-hybridized carbons (Fsp3) is 0.500. The number of carbonyl (C=O) groups is 1. The van der Waals surface area contributed by atoms with E-state index in [0.29, 0.717) is 0 Å². The Bertz CT molecular complexity index is 481. The summed E-state index contributed by atoms with van der Waals surface area (Å²) in [5, 5.41) is 5.99. The molecule has 2 rings (SSSR count). The van der Waals surface area contributed by atoms with Gasteiger partial charge in [-0.1, -0.05) is 6.07 Å². The first-order chi connectivity index (χ1) is 9.63. The summed E-state index contributed by atoms with van der Waals surface area (Å²) < 4.78 is 5.72. The molecule has 0 aliphatic carbocycles. The highest BCUT2D eigenvalue weighted by atomic mass is 79.9. The highest BCUT2D eigenvalue weighted by Crippen LogP contribution is 2.30. The van der Waals surface area contributed by atoms with Gasteiger partial charge in [-0.15, -0.1) is 0 Å². The van der Waals surface area contributed by atoms with Crippen LogP contribution in [0.15, 0.2) is 22.7 Å². The van der Waals surface area contributed by atoms with Crippen LogP contribution in [0.25, 0.3) is 0 Å². The number of hydrogen-bond donors (Lipinski definition) is 2. The zero-order chi connectivity index (χ0) is 14.5. The molecule has 0 bridgehead atoms. The molecule has 5 nitrogen and oxygen atoms in total. The number of ether oxygens (including phenoxy) is 1. The number of nitrogens with zero attached hydrogens (tertiary/aromatic N) is 1. The van der Waals surface area contributed by atoms with Crippen LogP contribution in [0.1, 0.15) is 12.0 Å². The van der Waals surface area contributed by atoms with E-state index in [9.17, 15) is 4.79 Å². The van der Waals surface area contributed by atoms with Gasteiger partial charge in [0, 0.05) is 24.1 Å². The topological polar surface area (TPSA) is 53.6 Å². The second-order valence-electron chi connectivity index (χ2n) is 4.88. The van der Waals surface area contributed by atoms with E-state index >= 15 is 0 Å². The molecular weight excluding hydrogens is 322 g/mol. The lowest BCUT2D eigenvalue weighted by Gasteiger charge is -2.21. The average Bonchev–Trinajstić information content (AvgIpc) is 2.87. The minimum atomic E-state index is -0.361. The summed E-state index contributed by atoms with van der Waals surface area (Å²) >= 11 is 3.63. The molecule has 110 valence electrons. The van der Waals surface area contributed by atoms with Crippen molar-refractivity contribution in [2.24, 2.45) is 0 Å². The number of anilines is 1. The predicted molar refractivity (Wildman–Crippen MR) is 83.1 cm³/mol. The summed E-state index contributed by atoms with van der Waals surface area (Å²) in [4.78, 5) is 13.5. The van der Waals surface area contributed by atoms with Crippen LogP contribution < -0.4 is 15.5 Å². The molecule has 1 atom stereocenters. The first-order valence-corrected chi connectivity index (χ1v) is 7.45. The molecule has 1 fully saturated rings. The van der Waals surface area contributed by atoms with E-state index in [-0.39, 0.29) is 12.1 Å². The Morgan fingerprint density at radius 3 is 3.00 bits per heavy atom. The molecule has 2 N–H and O–H groups in total. The van der Waals surface area contributed by atoms with Crippen LogP contribution in [0.3, 0.4) is 0 Å². The molecule has 1 aliphatic rings. The average molecular weight is 342 g/mol. The molecule has 0 aromatic heterocycles. The van der Waals surface area contributed by atoms with Gasteiger partial charge in [-0.3, -0.25) is 0 Å². The lowest BCUT2D eigenvalue weighted by Crippen LogP contribution is -2.37. The van der Waals surface area contributed by atoms with Gasteiger partial charge in [0.1, 0.15) is 0 Å². The molecule has 0 radical (unpaired) electrons. The summed E-state index contributed by atoms with van der Waals surface area (Å²) in [5.74, 6) is 0. The van der Waals surface area contributed by atoms with Crippen molar-refractivity contribution in [1.82, 2.24) is 10.6 Å². The predicted octanol–water partition coefficient (Wildman–Crippen LogP) is 2.10. The van der Waals surface area contributed by atoms with Crippen molar-refractivity contribution >= 4 is 27.7 Å². The standard InChI is InChI=1S/C14H20BrN3O2/c1-16-8-10-3-4-13(12(15)7-10)18-6-5-11(9-18)17-14(19)20-2/h3-4,7,11,16H,5-6,8-9H2,1-2H3,(H,17,19). The summed E-state index contributed by atoms with van der Waals surface area (Å²) in [6.45, 7) is 2.59. The fourth-order valence-corrected chi connectivity index (χ4v) is 3.12. The highest BCUT2D eigenvalue weighted by Gasteiger charge is 2.25. The second kappa shape index (κ2) is 6.95. The Hall–Kier alpha value is -1.27. The van der Waals surface area contributed by atoms with Crippen molar-refractivity contribution in [3.05, 3.63) is 28.2 Å². The number of amides is 1. The van der Waals surface area contributed by atoms with Crippen molar-refractivity contribution in [3.8, 4) is 0 Å². The third-order valence-corrected chi connectivity index (χ3v) is 4.06. The van der Waals surface area contributed by atoms with Gasteiger partial charge in [0.05, 0.1) is 18.8 Å². The number of rotatable bonds is 4. The lowest BCUT2D eigenvalue weighted by atomic mass is 10.2. The van der Waals surface area contributed by atoms with E-state index in [2.05, 4.69) is 54.4 Å². The molecule has 0 spiro atoms. The van der Waals surface area contributed by atoms with Crippen LogP contribution in [0.5, 0.6) is 0 Å². The third kappa shape index (κ3) is 3.64. The molecule has 1 aliphatic heterocycles. The minimum Gasteiger partial charge on any atom is -0.453 e. The number of alkyl carbamates (subject to hydrolysis) is 1. The van der Waals surface area contributed by atoms with Crippen LogP contribution in [0.4, 0.5) is 10.5 Å². The van der Waals surface area contributed by atoms with Gasteiger partial charge in [-0.2, -0.15) is 0 Å². The van der Waals surface area contributed by atoms with Crippen LogP contribution in [-0.4, -0.2) is 39.4 Å². The first-order valence-electron chi connectivity index (χ1n) is 6.66. The van der Waals surface area contributed by atoms with Gasteiger partial charge in [0.2, 0.25) is 0 Å². The summed E-state index contributed by atoms with van der Waals surface area (Å²) in [7, 11) is 3.32. The maximum absolute atomic E-state index is 11.2. The van der Waals surface area contributed by atoms with Crippen molar-refractivity contribution in [2.45, 2.75) is 19.0 Å². The zero-order valence-corrected chi connectivity index (χ0v) is 13.4. The lowest BCUT2D eigenvalue weighted by molar-refractivity contribution is 0.167. The summed E-state index contributed by atoms with van der Waals surface area (Å²) in [5.41, 5.74) is 2.41. The second-order valence-corrected chi connectivity index (χ2v) is 5.74. The Morgan fingerprint density at radius 2 is 2.35 bits per heavy atom. The molecule has 1 amide bonds. The van der Waals surface area contributed by atoms with E-state index < -0.39 is 0 Å². The molecule has 1 heterocycles. The Kier molecular flexibility index (Phi) is 5.25. The molecule has 1 saturated heterocycles. The van der Waals surface area contributed by atoms with E-state index in [1.54, 1.807) is 0 Å². The smallest absolute Gasteiger partial charge is 0.407 e. The van der Waals surface area contributed by atoms with Gasteiger partial charge in [0.25, 0.3) is 0 Å². The fourth-order valence-electron chi connectivity index (χ4n) is 2.44. The van der Waals surface area contributed by atoms with Crippen LogP contribution >= 0.6 is 15.9 Å². The van der Waals surface area contributed by atoms with E-state index in [0.717, 1.165) is 30.5 Å². The van der Waals surface area contributed by atoms with Crippen molar-refractivity contribution in [2.75, 3.05) is 32.1 Å². The number of halogens is 1. The Labute approximate surface area is 127 Å². The highest BCUT2D eigenvalue weighted by molar-refractivity contribution is 9.10. The molecule has 6 heteroatoms. The minimum absolute atomic E-state index is 0.145. The number of carbonyl (C=O) groups excluding carboxylic acids is 1. The molecular formula is C14H20BrN3O2. The van der Waals surface area contributed by atoms with Gasteiger partial charge in [0.15, 0.2) is 0 Å². The number of nitrogens with one attached hydrogen (secondary N) is 2. The van der Waals surface area contributed by atoms with Crippen molar-refractivity contribution in [3.63, 3.8) is 0 Å². The zero-order valence-electron chi connectivity index (χ0n) is 11.8. The number of benzene rings is 1. The molecule has 0 saturated carbocycles. The van der Waals surface area contributed by atoms with Gasteiger partial charge < -0.3 is 20.3 Å². The van der Waals surface area contributed by atoms with Crippen molar-refractivity contribution in [1.29, 1.82) is 0 Å². The SMILES string of the molecule is CNCc1ccc(N2CCC(NC(=O)OC)C2)c(Br)c1. The summed E-state index contributed by atoms with van der Waals surface area (Å²) in [6, 6.07) is 6.52. The monoisotopic (exact) mass is 341 g/mol. The summed E-state index contributed by atoms with van der Waals surface area (Å²) in [6.07, 6.45) is 0.570. The van der Waals surface area contributed by atoms with Crippen LogP contribution in [0, 0.1) is 0 Å². The molecule has 1 aromatic carbocycles.